The molecule has 0 aliphatic carbocycles. The van der Waals surface area contributed by atoms with Gasteiger partial charge in [0.05, 0.1) is 6.42 Å². The Bertz CT molecular complexity index is 320. The Kier molecular flexibility index (Phi) is 3.35. The SMILES string of the molecule is O=C(C[C@H]1CCN1)OCc1ccccc1. The molecule has 0 bridgehead atoms. The van der Waals surface area contributed by atoms with Crippen LogP contribution in [0.25, 0.3) is 0 Å². The van der Waals surface area contributed by atoms with E-state index in [4.69, 9.17) is 4.74 Å². The highest BCUT2D eigenvalue weighted by Crippen LogP contribution is 2.08. The Labute approximate surface area is 89.4 Å². The predicted octanol–water partition coefficient (Wildman–Crippen LogP) is 1.48. The summed E-state index contributed by atoms with van der Waals surface area (Å²) >= 11 is 0. The minimum absolute atomic E-state index is 0.115. The van der Waals surface area contributed by atoms with Crippen LogP contribution in [0.1, 0.15) is 18.4 Å². The smallest absolute Gasteiger partial charge is 0.307 e. The average molecular weight is 205 g/mol. The third-order valence-electron chi connectivity index (χ3n) is 2.58. The molecule has 1 fully saturated rings. The van der Waals surface area contributed by atoms with Gasteiger partial charge in [0.1, 0.15) is 6.61 Å². The molecule has 1 aromatic rings. The zero-order valence-electron chi connectivity index (χ0n) is 8.61. The summed E-state index contributed by atoms with van der Waals surface area (Å²) in [6, 6.07) is 10.1. The van der Waals surface area contributed by atoms with Gasteiger partial charge in [-0.25, -0.2) is 0 Å². The Balaban J connectivity index is 1.71. The van der Waals surface area contributed by atoms with E-state index in [2.05, 4.69) is 5.32 Å². The van der Waals surface area contributed by atoms with Crippen molar-refractivity contribution in [3.05, 3.63) is 35.9 Å². The topological polar surface area (TPSA) is 38.3 Å². The fourth-order valence-corrected chi connectivity index (χ4v) is 1.52. The van der Waals surface area contributed by atoms with Crippen molar-refractivity contribution in [1.82, 2.24) is 5.32 Å². The quantitative estimate of drug-likeness (QED) is 0.757. The summed E-state index contributed by atoms with van der Waals surface area (Å²) in [5.74, 6) is -0.115. The van der Waals surface area contributed by atoms with Gasteiger partial charge in [-0.2, -0.15) is 0 Å². The Hall–Kier alpha value is -1.35. The molecule has 1 saturated heterocycles. The van der Waals surface area contributed by atoms with Crippen LogP contribution in [0.15, 0.2) is 30.3 Å². The van der Waals surface area contributed by atoms with Gasteiger partial charge in [-0.05, 0) is 18.5 Å². The molecule has 0 saturated carbocycles. The lowest BCUT2D eigenvalue weighted by Crippen LogP contribution is -2.44. The van der Waals surface area contributed by atoms with Crippen molar-refractivity contribution in [3.8, 4) is 0 Å². The second kappa shape index (κ2) is 4.94. The summed E-state index contributed by atoms with van der Waals surface area (Å²) < 4.78 is 5.16. The molecule has 1 N–H and O–H groups in total. The van der Waals surface area contributed by atoms with Crippen molar-refractivity contribution in [3.63, 3.8) is 0 Å². The lowest BCUT2D eigenvalue weighted by atomic mass is 10.0. The van der Waals surface area contributed by atoms with E-state index >= 15 is 0 Å². The van der Waals surface area contributed by atoms with Crippen LogP contribution >= 0.6 is 0 Å². The van der Waals surface area contributed by atoms with Crippen molar-refractivity contribution in [1.29, 1.82) is 0 Å². The number of nitrogens with one attached hydrogen (secondary N) is 1. The van der Waals surface area contributed by atoms with Gasteiger partial charge in [0, 0.05) is 6.04 Å². The Morgan fingerprint density at radius 2 is 2.13 bits per heavy atom. The molecule has 0 amide bonds. The molecule has 3 nitrogen and oxygen atoms in total. The number of benzene rings is 1. The largest absolute Gasteiger partial charge is 0.461 e. The molecule has 1 aliphatic rings. The predicted molar refractivity (Wildman–Crippen MR) is 57.3 cm³/mol. The van der Waals surface area contributed by atoms with Crippen LogP contribution in [-0.2, 0) is 16.1 Å². The third-order valence-corrected chi connectivity index (χ3v) is 2.58. The van der Waals surface area contributed by atoms with E-state index in [1.54, 1.807) is 0 Å². The number of hydrogen-bond donors (Lipinski definition) is 1. The molecular formula is C12H15NO2. The average Bonchev–Trinajstić information content (AvgIpc) is 2.22. The molecule has 2 rings (SSSR count). The lowest BCUT2D eigenvalue weighted by Gasteiger charge is -2.26. The summed E-state index contributed by atoms with van der Waals surface area (Å²) in [6.07, 6.45) is 1.58. The van der Waals surface area contributed by atoms with Gasteiger partial charge in [0.25, 0.3) is 0 Å². The van der Waals surface area contributed by atoms with Gasteiger partial charge in [-0.1, -0.05) is 30.3 Å². The number of rotatable bonds is 4. The molecule has 1 aromatic carbocycles. The van der Waals surface area contributed by atoms with Gasteiger partial charge in [0.15, 0.2) is 0 Å². The number of ether oxygens (including phenoxy) is 1. The van der Waals surface area contributed by atoms with E-state index in [1.165, 1.54) is 0 Å². The van der Waals surface area contributed by atoms with Crippen molar-refractivity contribution >= 4 is 5.97 Å². The zero-order chi connectivity index (χ0) is 10.5. The van der Waals surface area contributed by atoms with Crippen molar-refractivity contribution in [2.24, 2.45) is 0 Å². The molecule has 3 heteroatoms. The Morgan fingerprint density at radius 3 is 2.73 bits per heavy atom. The highest BCUT2D eigenvalue weighted by atomic mass is 16.5. The maximum Gasteiger partial charge on any atom is 0.307 e. The highest BCUT2D eigenvalue weighted by molar-refractivity contribution is 5.70. The Morgan fingerprint density at radius 1 is 1.40 bits per heavy atom. The number of carbonyl (C=O) groups is 1. The first-order valence-electron chi connectivity index (χ1n) is 5.27. The lowest BCUT2D eigenvalue weighted by molar-refractivity contribution is -0.146. The molecule has 0 spiro atoms. The van der Waals surface area contributed by atoms with Gasteiger partial charge in [-0.15, -0.1) is 0 Å². The maximum absolute atomic E-state index is 11.4. The molecule has 1 heterocycles. The molecule has 0 aromatic heterocycles. The van der Waals surface area contributed by atoms with E-state index in [9.17, 15) is 4.79 Å². The normalized spacial score (nSPS) is 19.3. The summed E-state index contributed by atoms with van der Waals surface area (Å²) in [7, 11) is 0. The second-order valence-corrected chi connectivity index (χ2v) is 3.79. The van der Waals surface area contributed by atoms with E-state index < -0.39 is 0 Å². The van der Waals surface area contributed by atoms with E-state index in [1.807, 2.05) is 30.3 Å². The standard InChI is InChI=1S/C12H15NO2/c14-12(8-11-6-7-13-11)15-9-10-4-2-1-3-5-10/h1-5,11,13H,6-9H2/t11-/m1/s1. The van der Waals surface area contributed by atoms with Crippen LogP contribution in [0.3, 0.4) is 0 Å². The van der Waals surface area contributed by atoms with Crippen LogP contribution in [-0.4, -0.2) is 18.6 Å². The van der Waals surface area contributed by atoms with Gasteiger partial charge < -0.3 is 10.1 Å². The molecule has 1 atom stereocenters. The van der Waals surface area contributed by atoms with Crippen LogP contribution in [0, 0.1) is 0 Å². The first-order chi connectivity index (χ1) is 7.34. The van der Waals surface area contributed by atoms with Crippen LogP contribution in [0.4, 0.5) is 0 Å². The summed E-state index contributed by atoms with van der Waals surface area (Å²) in [6.45, 7) is 1.41. The van der Waals surface area contributed by atoms with Crippen LogP contribution in [0.5, 0.6) is 0 Å². The first kappa shape index (κ1) is 10.2. The molecule has 1 aliphatic heterocycles. The fourth-order valence-electron chi connectivity index (χ4n) is 1.52. The minimum Gasteiger partial charge on any atom is -0.461 e. The molecule has 80 valence electrons. The van der Waals surface area contributed by atoms with E-state index in [0.29, 0.717) is 19.1 Å². The van der Waals surface area contributed by atoms with Crippen molar-refractivity contribution in [2.45, 2.75) is 25.5 Å². The fraction of sp³-hybridized carbons (Fsp3) is 0.417. The molecular weight excluding hydrogens is 190 g/mol. The van der Waals surface area contributed by atoms with Crippen LogP contribution in [0.2, 0.25) is 0 Å². The van der Waals surface area contributed by atoms with Gasteiger partial charge >= 0.3 is 5.97 Å². The van der Waals surface area contributed by atoms with Crippen molar-refractivity contribution < 1.29 is 9.53 Å². The number of hydrogen-bond acceptors (Lipinski definition) is 3. The summed E-state index contributed by atoms with van der Waals surface area (Å²) in [4.78, 5) is 11.4. The van der Waals surface area contributed by atoms with Gasteiger partial charge in [-0.3, -0.25) is 4.79 Å². The second-order valence-electron chi connectivity index (χ2n) is 3.79. The van der Waals surface area contributed by atoms with E-state index in [0.717, 1.165) is 18.5 Å². The van der Waals surface area contributed by atoms with Crippen molar-refractivity contribution in [2.75, 3.05) is 6.54 Å². The van der Waals surface area contributed by atoms with Gasteiger partial charge in [0.2, 0.25) is 0 Å². The van der Waals surface area contributed by atoms with E-state index in [-0.39, 0.29) is 5.97 Å². The summed E-state index contributed by atoms with van der Waals surface area (Å²) in [5.41, 5.74) is 1.03. The first-order valence-corrected chi connectivity index (χ1v) is 5.27. The highest BCUT2D eigenvalue weighted by Gasteiger charge is 2.20. The number of esters is 1. The third kappa shape index (κ3) is 3.06. The summed E-state index contributed by atoms with van der Waals surface area (Å²) in [5, 5.41) is 3.17. The molecule has 0 unspecified atom stereocenters. The number of carbonyl (C=O) groups excluding carboxylic acids is 1. The molecule has 15 heavy (non-hydrogen) atoms. The zero-order valence-corrected chi connectivity index (χ0v) is 8.61. The minimum atomic E-state index is -0.115. The molecule has 0 radical (unpaired) electrons. The van der Waals surface area contributed by atoms with Crippen LogP contribution < -0.4 is 5.32 Å². The maximum atomic E-state index is 11.4. The monoisotopic (exact) mass is 205 g/mol.